The molecule has 1 nitrogen and oxygen atoms in total. The number of aryl methyl sites for hydroxylation is 1. The molecule has 88 valence electrons. The van der Waals surface area contributed by atoms with Crippen LogP contribution in [0.3, 0.4) is 0 Å². The van der Waals surface area contributed by atoms with E-state index in [4.69, 9.17) is 0 Å². The van der Waals surface area contributed by atoms with Crippen LogP contribution in [-0.4, -0.2) is 12.1 Å². The van der Waals surface area contributed by atoms with Crippen LogP contribution >= 0.6 is 0 Å². The lowest BCUT2D eigenvalue weighted by atomic mass is 10.0. The van der Waals surface area contributed by atoms with Crippen LogP contribution in [0.4, 0.5) is 0 Å². The number of hydrogen-bond acceptors (Lipinski definition) is 1. The summed E-state index contributed by atoms with van der Waals surface area (Å²) in [7, 11) is 0. The Morgan fingerprint density at radius 2 is 1.88 bits per heavy atom. The van der Waals surface area contributed by atoms with Gasteiger partial charge in [-0.25, -0.2) is 0 Å². The zero-order chi connectivity index (χ0) is 12.0. The van der Waals surface area contributed by atoms with Crippen LogP contribution in [-0.2, 0) is 6.42 Å². The highest BCUT2D eigenvalue weighted by atomic mass is 14.9. The summed E-state index contributed by atoms with van der Waals surface area (Å²) in [5.74, 6) is 0. The van der Waals surface area contributed by atoms with Crippen molar-refractivity contribution < 1.29 is 0 Å². The highest BCUT2D eigenvalue weighted by Gasteiger charge is 2.05. The maximum absolute atomic E-state index is 3.44. The molecule has 0 aromatic heterocycles. The van der Waals surface area contributed by atoms with Crippen molar-refractivity contribution in [2.75, 3.05) is 6.54 Å². The molecule has 0 fully saturated rings. The van der Waals surface area contributed by atoms with E-state index in [0.29, 0.717) is 0 Å². The Kier molecular flexibility index (Phi) is 4.75. The van der Waals surface area contributed by atoms with E-state index in [0.717, 1.165) is 13.0 Å². The second kappa shape index (κ2) is 5.86. The third kappa shape index (κ3) is 4.63. The Labute approximate surface area is 99.6 Å². The highest BCUT2D eigenvalue weighted by molar-refractivity contribution is 5.53. The van der Waals surface area contributed by atoms with E-state index in [1.54, 1.807) is 0 Å². The van der Waals surface area contributed by atoms with Crippen molar-refractivity contribution in [2.24, 2.45) is 0 Å². The highest BCUT2D eigenvalue weighted by Crippen LogP contribution is 2.11. The molecule has 0 amide bonds. The van der Waals surface area contributed by atoms with Gasteiger partial charge in [-0.05, 0) is 38.3 Å². The summed E-state index contributed by atoms with van der Waals surface area (Å²) in [6.07, 6.45) is 5.49. The Hall–Kier alpha value is -1.08. The van der Waals surface area contributed by atoms with Crippen molar-refractivity contribution in [3.63, 3.8) is 0 Å². The Morgan fingerprint density at radius 1 is 1.19 bits per heavy atom. The zero-order valence-corrected chi connectivity index (χ0v) is 10.9. The molecule has 0 heterocycles. The predicted octanol–water partition coefficient (Wildman–Crippen LogP) is 3.65. The molecule has 0 saturated carbocycles. The van der Waals surface area contributed by atoms with Crippen LogP contribution < -0.4 is 5.32 Å². The fourth-order valence-electron chi connectivity index (χ4n) is 1.57. The average molecular weight is 217 g/mol. The van der Waals surface area contributed by atoms with Crippen LogP contribution in [0.15, 0.2) is 30.3 Å². The van der Waals surface area contributed by atoms with E-state index in [-0.39, 0.29) is 5.54 Å². The summed E-state index contributed by atoms with van der Waals surface area (Å²) < 4.78 is 0. The molecule has 16 heavy (non-hydrogen) atoms. The van der Waals surface area contributed by atoms with Crippen molar-refractivity contribution >= 4 is 6.08 Å². The van der Waals surface area contributed by atoms with Gasteiger partial charge in [-0.1, -0.05) is 43.3 Å². The monoisotopic (exact) mass is 217 g/mol. The first-order valence-electron chi connectivity index (χ1n) is 6.02. The van der Waals surface area contributed by atoms with Crippen molar-refractivity contribution in [1.29, 1.82) is 0 Å². The molecular formula is C15H23N. The smallest absolute Gasteiger partial charge is 0.0143 e. The van der Waals surface area contributed by atoms with Gasteiger partial charge in [-0.3, -0.25) is 0 Å². The molecule has 1 rings (SSSR count). The Morgan fingerprint density at radius 3 is 2.50 bits per heavy atom. The molecule has 0 bridgehead atoms. The standard InChI is InChI=1S/C15H23N/c1-5-13-9-6-7-10-14(13)11-8-12-16-15(2,3)4/h6-11,16H,5,12H2,1-4H3. The fourth-order valence-corrected chi connectivity index (χ4v) is 1.57. The van der Waals surface area contributed by atoms with E-state index in [2.05, 4.69) is 69.4 Å². The zero-order valence-electron chi connectivity index (χ0n) is 10.9. The molecule has 0 atom stereocenters. The lowest BCUT2D eigenvalue weighted by Crippen LogP contribution is -2.35. The van der Waals surface area contributed by atoms with E-state index in [9.17, 15) is 0 Å². The van der Waals surface area contributed by atoms with Crippen molar-refractivity contribution in [2.45, 2.75) is 39.7 Å². The van der Waals surface area contributed by atoms with Crippen molar-refractivity contribution in [3.05, 3.63) is 41.5 Å². The lowest BCUT2D eigenvalue weighted by Gasteiger charge is -2.18. The van der Waals surface area contributed by atoms with Crippen LogP contribution in [0.2, 0.25) is 0 Å². The molecule has 0 aliphatic rings. The Bertz CT molecular complexity index is 345. The normalized spacial score (nSPS) is 12.2. The van der Waals surface area contributed by atoms with E-state index < -0.39 is 0 Å². The molecule has 0 spiro atoms. The minimum Gasteiger partial charge on any atom is -0.309 e. The number of rotatable bonds is 4. The lowest BCUT2D eigenvalue weighted by molar-refractivity contribution is 0.450. The first kappa shape index (κ1) is 13.0. The van der Waals surface area contributed by atoms with Gasteiger partial charge in [0.15, 0.2) is 0 Å². The van der Waals surface area contributed by atoms with Crippen LogP contribution in [0.5, 0.6) is 0 Å². The summed E-state index contributed by atoms with van der Waals surface area (Å²) in [5.41, 5.74) is 2.93. The van der Waals surface area contributed by atoms with E-state index in [1.165, 1.54) is 11.1 Å². The van der Waals surface area contributed by atoms with E-state index >= 15 is 0 Å². The Balaban J connectivity index is 2.56. The van der Waals surface area contributed by atoms with Gasteiger partial charge in [0.1, 0.15) is 0 Å². The summed E-state index contributed by atoms with van der Waals surface area (Å²) in [6, 6.07) is 8.56. The molecular weight excluding hydrogens is 194 g/mol. The summed E-state index contributed by atoms with van der Waals surface area (Å²) in [6.45, 7) is 9.66. The average Bonchev–Trinajstić information content (AvgIpc) is 2.23. The molecule has 0 unspecified atom stereocenters. The maximum Gasteiger partial charge on any atom is 0.0143 e. The maximum atomic E-state index is 3.44. The van der Waals surface area contributed by atoms with Crippen LogP contribution in [0.1, 0.15) is 38.8 Å². The fraction of sp³-hybridized carbons (Fsp3) is 0.467. The van der Waals surface area contributed by atoms with Crippen molar-refractivity contribution in [3.8, 4) is 0 Å². The predicted molar refractivity (Wildman–Crippen MR) is 72.6 cm³/mol. The second-order valence-corrected chi connectivity index (χ2v) is 5.09. The number of nitrogens with one attached hydrogen (secondary N) is 1. The van der Waals surface area contributed by atoms with Crippen molar-refractivity contribution in [1.82, 2.24) is 5.32 Å². The van der Waals surface area contributed by atoms with Gasteiger partial charge in [-0.2, -0.15) is 0 Å². The van der Waals surface area contributed by atoms with E-state index in [1.807, 2.05) is 0 Å². The van der Waals surface area contributed by atoms with Gasteiger partial charge in [-0.15, -0.1) is 0 Å². The van der Waals surface area contributed by atoms with Gasteiger partial charge >= 0.3 is 0 Å². The van der Waals surface area contributed by atoms with Gasteiger partial charge in [0.25, 0.3) is 0 Å². The first-order chi connectivity index (χ1) is 7.53. The third-order valence-corrected chi connectivity index (χ3v) is 2.48. The SMILES string of the molecule is CCc1ccccc1C=CCNC(C)(C)C. The molecule has 1 aromatic carbocycles. The number of hydrogen-bond donors (Lipinski definition) is 1. The molecule has 0 aliphatic carbocycles. The summed E-state index contributed by atoms with van der Waals surface area (Å²) in [5, 5.41) is 3.44. The second-order valence-electron chi connectivity index (χ2n) is 5.09. The quantitative estimate of drug-likeness (QED) is 0.811. The summed E-state index contributed by atoms with van der Waals surface area (Å²) >= 11 is 0. The summed E-state index contributed by atoms with van der Waals surface area (Å²) in [4.78, 5) is 0. The van der Waals surface area contributed by atoms with Crippen LogP contribution in [0, 0.1) is 0 Å². The minimum absolute atomic E-state index is 0.189. The van der Waals surface area contributed by atoms with Gasteiger partial charge in [0.2, 0.25) is 0 Å². The first-order valence-corrected chi connectivity index (χ1v) is 6.02. The van der Waals surface area contributed by atoms with Gasteiger partial charge < -0.3 is 5.32 Å². The largest absolute Gasteiger partial charge is 0.309 e. The molecule has 0 saturated heterocycles. The third-order valence-electron chi connectivity index (χ3n) is 2.48. The van der Waals surface area contributed by atoms with Gasteiger partial charge in [0.05, 0.1) is 0 Å². The van der Waals surface area contributed by atoms with Crippen LogP contribution in [0.25, 0.3) is 6.08 Å². The topological polar surface area (TPSA) is 12.0 Å². The molecule has 1 aromatic rings. The number of benzene rings is 1. The van der Waals surface area contributed by atoms with Gasteiger partial charge in [0, 0.05) is 12.1 Å². The molecule has 0 radical (unpaired) electrons. The molecule has 1 heteroatoms. The molecule has 1 N–H and O–H groups in total. The minimum atomic E-state index is 0.189. The molecule has 0 aliphatic heterocycles.